The average Bonchev–Trinajstić information content (AvgIpc) is 2.12. The van der Waals surface area contributed by atoms with Crippen molar-refractivity contribution >= 4 is 29.1 Å². The molecule has 0 amide bonds. The summed E-state index contributed by atoms with van der Waals surface area (Å²) in [7, 11) is 0. The highest BCUT2D eigenvalue weighted by molar-refractivity contribution is 8.00. The molecule has 0 saturated carbocycles. The molecule has 0 fully saturated rings. The fourth-order valence-electron chi connectivity index (χ4n) is 1.64. The topological polar surface area (TPSA) is 17.1 Å². The molecular weight excluding hydrogens is 216 g/mol. The maximum Gasteiger partial charge on any atom is 0.175 e. The van der Waals surface area contributed by atoms with Crippen LogP contribution in [0.1, 0.15) is 28.4 Å². The Balaban J connectivity index is 2.60. The van der Waals surface area contributed by atoms with Gasteiger partial charge in [0.25, 0.3) is 0 Å². The summed E-state index contributed by atoms with van der Waals surface area (Å²) in [5.74, 6) is 1.06. The molecule has 2 rings (SSSR count). The summed E-state index contributed by atoms with van der Waals surface area (Å²) in [4.78, 5) is 11.8. The Labute approximate surface area is 92.8 Å². The van der Waals surface area contributed by atoms with E-state index in [4.69, 9.17) is 11.6 Å². The van der Waals surface area contributed by atoms with E-state index in [0.29, 0.717) is 0 Å². The Morgan fingerprint density at radius 3 is 2.93 bits per heavy atom. The molecule has 1 heterocycles. The van der Waals surface area contributed by atoms with Crippen molar-refractivity contribution < 1.29 is 4.79 Å². The summed E-state index contributed by atoms with van der Waals surface area (Å²) >= 11 is 7.75. The first kappa shape index (κ1) is 10.1. The number of rotatable bonds is 0. The Bertz CT molecular complexity index is 401. The number of halogens is 1. The molecule has 1 unspecified atom stereocenters. The molecular formula is C11H11ClOS. The molecule has 3 heteroatoms. The van der Waals surface area contributed by atoms with Crippen LogP contribution in [0.3, 0.4) is 0 Å². The number of aryl methyl sites for hydroxylation is 1. The van der Waals surface area contributed by atoms with E-state index in [9.17, 15) is 4.79 Å². The van der Waals surface area contributed by atoms with Crippen LogP contribution < -0.4 is 0 Å². The molecule has 0 aromatic heterocycles. The van der Waals surface area contributed by atoms with Gasteiger partial charge >= 0.3 is 0 Å². The molecule has 0 spiro atoms. The van der Waals surface area contributed by atoms with Crippen molar-refractivity contribution in [2.24, 2.45) is 0 Å². The second kappa shape index (κ2) is 3.59. The maximum absolute atomic E-state index is 11.8. The number of thioether (sulfide) groups is 1. The summed E-state index contributed by atoms with van der Waals surface area (Å²) in [6.45, 7) is 3.91. The van der Waals surface area contributed by atoms with Crippen LogP contribution in [0.15, 0.2) is 12.1 Å². The number of ketones is 1. The zero-order valence-electron chi connectivity index (χ0n) is 8.13. The van der Waals surface area contributed by atoms with Crippen molar-refractivity contribution in [1.29, 1.82) is 0 Å². The van der Waals surface area contributed by atoms with E-state index in [0.717, 1.165) is 27.5 Å². The molecule has 74 valence electrons. The number of hydrogen-bond donors (Lipinski definition) is 0. The predicted molar refractivity (Wildman–Crippen MR) is 61.3 cm³/mol. The first-order chi connectivity index (χ1) is 6.59. The van der Waals surface area contributed by atoms with E-state index in [-0.39, 0.29) is 11.0 Å². The smallest absolute Gasteiger partial charge is 0.175 e. The van der Waals surface area contributed by atoms with Gasteiger partial charge in [-0.2, -0.15) is 0 Å². The number of fused-ring (bicyclic) bond motifs is 1. The summed E-state index contributed by atoms with van der Waals surface area (Å²) in [6, 6.07) is 3.87. The minimum absolute atomic E-state index is 0.0698. The molecule has 0 bridgehead atoms. The predicted octanol–water partition coefficient (Wildman–Crippen LogP) is 3.47. The van der Waals surface area contributed by atoms with E-state index in [1.165, 1.54) is 0 Å². The lowest BCUT2D eigenvalue weighted by Gasteiger charge is -2.21. The molecule has 0 N–H and O–H groups in total. The van der Waals surface area contributed by atoms with Crippen molar-refractivity contribution in [2.45, 2.75) is 24.9 Å². The Hall–Kier alpha value is -0.470. The van der Waals surface area contributed by atoms with Crippen LogP contribution in [-0.4, -0.2) is 11.0 Å². The van der Waals surface area contributed by atoms with Gasteiger partial charge in [-0.05, 0) is 37.1 Å². The standard InChI is InChI=1S/C11H11ClOS/c1-6-3-8-9(10(12)4-6)5-14-7(2)11(8)13/h3-4,7H,5H2,1-2H3. The van der Waals surface area contributed by atoms with Crippen LogP contribution in [0.2, 0.25) is 5.02 Å². The van der Waals surface area contributed by atoms with E-state index in [1.807, 2.05) is 26.0 Å². The van der Waals surface area contributed by atoms with Gasteiger partial charge in [0.2, 0.25) is 0 Å². The first-order valence-corrected chi connectivity index (χ1v) is 5.97. The highest BCUT2D eigenvalue weighted by Crippen LogP contribution is 2.34. The van der Waals surface area contributed by atoms with Crippen molar-refractivity contribution in [2.75, 3.05) is 0 Å². The molecule has 0 radical (unpaired) electrons. The van der Waals surface area contributed by atoms with Gasteiger partial charge in [-0.3, -0.25) is 4.79 Å². The van der Waals surface area contributed by atoms with Crippen LogP contribution in [0.25, 0.3) is 0 Å². The summed E-state index contributed by atoms with van der Waals surface area (Å²) in [6.07, 6.45) is 0. The lowest BCUT2D eigenvalue weighted by atomic mass is 10.00. The number of Topliss-reactive ketones (excluding diaryl/α,β-unsaturated/α-hetero) is 1. The van der Waals surface area contributed by atoms with Gasteiger partial charge in [-0.15, -0.1) is 11.8 Å². The lowest BCUT2D eigenvalue weighted by molar-refractivity contribution is 0.0991. The minimum atomic E-state index is 0.0698. The summed E-state index contributed by atoms with van der Waals surface area (Å²) < 4.78 is 0. The second-order valence-electron chi connectivity index (χ2n) is 3.59. The van der Waals surface area contributed by atoms with Crippen molar-refractivity contribution in [3.63, 3.8) is 0 Å². The molecule has 1 nitrogen and oxygen atoms in total. The molecule has 0 saturated heterocycles. The third-order valence-electron chi connectivity index (χ3n) is 2.45. The quantitative estimate of drug-likeness (QED) is 0.674. The minimum Gasteiger partial charge on any atom is -0.293 e. The molecule has 1 atom stereocenters. The zero-order chi connectivity index (χ0) is 10.3. The van der Waals surface area contributed by atoms with Gasteiger partial charge in [-0.1, -0.05) is 11.6 Å². The van der Waals surface area contributed by atoms with Crippen molar-refractivity contribution in [1.82, 2.24) is 0 Å². The monoisotopic (exact) mass is 226 g/mol. The van der Waals surface area contributed by atoms with Crippen LogP contribution >= 0.6 is 23.4 Å². The van der Waals surface area contributed by atoms with E-state index >= 15 is 0 Å². The Morgan fingerprint density at radius 1 is 1.50 bits per heavy atom. The molecule has 14 heavy (non-hydrogen) atoms. The zero-order valence-corrected chi connectivity index (χ0v) is 9.71. The largest absolute Gasteiger partial charge is 0.293 e. The van der Waals surface area contributed by atoms with E-state index in [1.54, 1.807) is 11.8 Å². The fraction of sp³-hybridized carbons (Fsp3) is 0.364. The van der Waals surface area contributed by atoms with Gasteiger partial charge in [-0.25, -0.2) is 0 Å². The average molecular weight is 227 g/mol. The lowest BCUT2D eigenvalue weighted by Crippen LogP contribution is -2.20. The van der Waals surface area contributed by atoms with Crippen molar-refractivity contribution in [3.8, 4) is 0 Å². The fourth-order valence-corrected chi connectivity index (χ4v) is 3.07. The number of benzene rings is 1. The second-order valence-corrected chi connectivity index (χ2v) is 5.33. The number of hydrogen-bond acceptors (Lipinski definition) is 2. The van der Waals surface area contributed by atoms with Gasteiger partial charge in [0.1, 0.15) is 0 Å². The van der Waals surface area contributed by atoms with Crippen LogP contribution in [0.5, 0.6) is 0 Å². The molecule has 1 aromatic rings. The van der Waals surface area contributed by atoms with Crippen LogP contribution in [0, 0.1) is 6.92 Å². The highest BCUT2D eigenvalue weighted by Gasteiger charge is 2.25. The third kappa shape index (κ3) is 1.57. The maximum atomic E-state index is 11.8. The number of carbonyl (C=O) groups excluding carboxylic acids is 1. The number of carbonyl (C=O) groups is 1. The highest BCUT2D eigenvalue weighted by atomic mass is 35.5. The molecule has 1 aliphatic heterocycles. The van der Waals surface area contributed by atoms with E-state index in [2.05, 4.69) is 0 Å². The molecule has 0 aliphatic carbocycles. The first-order valence-electron chi connectivity index (χ1n) is 4.54. The summed E-state index contributed by atoms with van der Waals surface area (Å²) in [5, 5.41) is 0.799. The van der Waals surface area contributed by atoms with Crippen molar-refractivity contribution in [3.05, 3.63) is 33.8 Å². The summed E-state index contributed by atoms with van der Waals surface area (Å²) in [5.41, 5.74) is 2.88. The van der Waals surface area contributed by atoms with Gasteiger partial charge in [0, 0.05) is 16.3 Å². The Morgan fingerprint density at radius 2 is 2.21 bits per heavy atom. The normalized spacial score (nSPS) is 20.8. The van der Waals surface area contributed by atoms with Gasteiger partial charge in [0.05, 0.1) is 5.25 Å². The molecule has 1 aliphatic rings. The molecule has 1 aromatic carbocycles. The third-order valence-corrected chi connectivity index (χ3v) is 3.96. The Kier molecular flexibility index (Phi) is 2.58. The van der Waals surface area contributed by atoms with Crippen LogP contribution in [0.4, 0.5) is 0 Å². The van der Waals surface area contributed by atoms with Crippen LogP contribution in [-0.2, 0) is 5.75 Å². The van der Waals surface area contributed by atoms with Gasteiger partial charge < -0.3 is 0 Å². The van der Waals surface area contributed by atoms with Gasteiger partial charge in [0.15, 0.2) is 5.78 Å². The van der Waals surface area contributed by atoms with E-state index < -0.39 is 0 Å². The SMILES string of the molecule is Cc1cc(Cl)c2c(c1)C(=O)C(C)SC2.